The van der Waals surface area contributed by atoms with Gasteiger partial charge in [-0.1, -0.05) is 39.7 Å². The maximum Gasteiger partial charge on any atom is 0.236 e. The van der Waals surface area contributed by atoms with Crippen molar-refractivity contribution in [2.24, 2.45) is 0 Å². The standard InChI is InChI=1S/C14H13BrClNO2S/c1-10-8-12(15)4-7-14(10)17-20(18,19)9-11-2-5-13(16)6-3-11/h2-8,17H,9H2,1H3. The number of rotatable bonds is 4. The highest BCUT2D eigenvalue weighted by atomic mass is 79.9. The van der Waals surface area contributed by atoms with Crippen LogP contribution < -0.4 is 4.72 Å². The number of halogens is 2. The Bertz CT molecular complexity index is 714. The molecule has 0 heterocycles. The highest BCUT2D eigenvalue weighted by Crippen LogP contribution is 2.22. The molecule has 2 rings (SSSR count). The van der Waals surface area contributed by atoms with E-state index in [1.807, 2.05) is 13.0 Å². The summed E-state index contributed by atoms with van der Waals surface area (Å²) in [6.07, 6.45) is 0. The Labute approximate surface area is 132 Å². The van der Waals surface area contributed by atoms with E-state index in [1.54, 1.807) is 36.4 Å². The van der Waals surface area contributed by atoms with Crippen LogP contribution in [0.25, 0.3) is 0 Å². The molecule has 6 heteroatoms. The average Bonchev–Trinajstić information content (AvgIpc) is 2.35. The molecule has 0 aliphatic carbocycles. The Kier molecular flexibility index (Phi) is 4.73. The van der Waals surface area contributed by atoms with Crippen LogP contribution in [0.15, 0.2) is 46.9 Å². The molecule has 1 N–H and O–H groups in total. The summed E-state index contributed by atoms with van der Waals surface area (Å²) >= 11 is 9.13. The lowest BCUT2D eigenvalue weighted by atomic mass is 10.2. The third kappa shape index (κ3) is 4.23. The van der Waals surface area contributed by atoms with Gasteiger partial charge in [0.05, 0.1) is 11.4 Å². The van der Waals surface area contributed by atoms with Gasteiger partial charge >= 0.3 is 0 Å². The van der Waals surface area contributed by atoms with Crippen molar-refractivity contribution in [3.63, 3.8) is 0 Å². The van der Waals surface area contributed by atoms with E-state index in [-0.39, 0.29) is 5.75 Å². The lowest BCUT2D eigenvalue weighted by Gasteiger charge is -2.11. The normalized spacial score (nSPS) is 11.3. The molecule has 0 aliphatic heterocycles. The van der Waals surface area contributed by atoms with Gasteiger partial charge < -0.3 is 0 Å². The van der Waals surface area contributed by atoms with E-state index in [2.05, 4.69) is 20.7 Å². The van der Waals surface area contributed by atoms with Gasteiger partial charge in [-0.25, -0.2) is 8.42 Å². The van der Waals surface area contributed by atoms with E-state index in [4.69, 9.17) is 11.6 Å². The third-order valence-corrected chi connectivity index (χ3v) is 4.71. The maximum atomic E-state index is 12.1. The largest absolute Gasteiger partial charge is 0.283 e. The smallest absolute Gasteiger partial charge is 0.236 e. The summed E-state index contributed by atoms with van der Waals surface area (Å²) in [5, 5.41) is 0.586. The van der Waals surface area contributed by atoms with Crippen LogP contribution in [0.1, 0.15) is 11.1 Å². The van der Waals surface area contributed by atoms with Gasteiger partial charge in [0.2, 0.25) is 10.0 Å². The monoisotopic (exact) mass is 373 g/mol. The minimum Gasteiger partial charge on any atom is -0.283 e. The first kappa shape index (κ1) is 15.4. The van der Waals surface area contributed by atoms with Gasteiger partial charge in [-0.05, 0) is 48.4 Å². The molecule has 3 nitrogen and oxygen atoms in total. The van der Waals surface area contributed by atoms with E-state index >= 15 is 0 Å². The van der Waals surface area contributed by atoms with Gasteiger partial charge in [-0.15, -0.1) is 0 Å². The highest BCUT2D eigenvalue weighted by molar-refractivity contribution is 9.10. The van der Waals surface area contributed by atoms with Crippen molar-refractivity contribution in [3.05, 3.63) is 63.1 Å². The Morgan fingerprint density at radius 1 is 1.15 bits per heavy atom. The molecular weight excluding hydrogens is 362 g/mol. The number of aryl methyl sites for hydroxylation is 1. The van der Waals surface area contributed by atoms with E-state index < -0.39 is 10.0 Å². The lowest BCUT2D eigenvalue weighted by Crippen LogP contribution is -2.15. The SMILES string of the molecule is Cc1cc(Br)ccc1NS(=O)(=O)Cc1ccc(Cl)cc1. The Morgan fingerprint density at radius 2 is 1.80 bits per heavy atom. The fraction of sp³-hybridized carbons (Fsp3) is 0.143. The van der Waals surface area contributed by atoms with Crippen LogP contribution in [0.2, 0.25) is 5.02 Å². The molecule has 0 saturated heterocycles. The molecule has 2 aromatic carbocycles. The summed E-state index contributed by atoms with van der Waals surface area (Å²) < 4.78 is 27.8. The van der Waals surface area contributed by atoms with E-state index in [0.29, 0.717) is 16.3 Å². The van der Waals surface area contributed by atoms with Gasteiger partial charge in [-0.3, -0.25) is 4.72 Å². The van der Waals surface area contributed by atoms with E-state index in [1.165, 1.54) is 0 Å². The molecule has 0 bridgehead atoms. The predicted molar refractivity (Wildman–Crippen MR) is 86.6 cm³/mol. The van der Waals surface area contributed by atoms with Crippen LogP contribution >= 0.6 is 27.5 Å². The van der Waals surface area contributed by atoms with Crippen molar-refractivity contribution < 1.29 is 8.42 Å². The first-order valence-electron chi connectivity index (χ1n) is 5.87. The second-order valence-corrected chi connectivity index (χ2v) is 7.52. The fourth-order valence-corrected chi connectivity index (χ4v) is 3.61. The van der Waals surface area contributed by atoms with Crippen LogP contribution in [0.5, 0.6) is 0 Å². The minimum absolute atomic E-state index is 0.0837. The zero-order valence-electron chi connectivity index (χ0n) is 10.7. The number of hydrogen-bond donors (Lipinski definition) is 1. The summed E-state index contributed by atoms with van der Waals surface area (Å²) in [6, 6.07) is 12.2. The third-order valence-electron chi connectivity index (χ3n) is 2.72. The second-order valence-electron chi connectivity index (χ2n) is 4.45. The highest BCUT2D eigenvalue weighted by Gasteiger charge is 2.13. The summed E-state index contributed by atoms with van der Waals surface area (Å²) in [5.41, 5.74) is 2.14. The van der Waals surface area contributed by atoms with Gasteiger partial charge in [0.1, 0.15) is 0 Å². The Hall–Kier alpha value is -1.04. The molecule has 0 fully saturated rings. The second kappa shape index (κ2) is 6.16. The maximum absolute atomic E-state index is 12.1. The Balaban J connectivity index is 2.17. The fourth-order valence-electron chi connectivity index (χ4n) is 1.75. The molecular formula is C14H13BrClNO2S. The quantitative estimate of drug-likeness (QED) is 0.864. The molecule has 20 heavy (non-hydrogen) atoms. The molecule has 2 aromatic rings. The van der Waals surface area contributed by atoms with Crippen molar-refractivity contribution in [1.29, 1.82) is 0 Å². The van der Waals surface area contributed by atoms with Crippen LogP contribution in [0.3, 0.4) is 0 Å². The summed E-state index contributed by atoms with van der Waals surface area (Å²) in [6.45, 7) is 1.85. The minimum atomic E-state index is -3.44. The molecule has 0 aliphatic rings. The number of benzene rings is 2. The van der Waals surface area contributed by atoms with E-state index in [9.17, 15) is 8.42 Å². The summed E-state index contributed by atoms with van der Waals surface area (Å²) in [5.74, 6) is -0.0837. The number of nitrogens with one attached hydrogen (secondary N) is 1. The van der Waals surface area contributed by atoms with Crippen molar-refractivity contribution in [2.45, 2.75) is 12.7 Å². The van der Waals surface area contributed by atoms with Gasteiger partial charge in [0.15, 0.2) is 0 Å². The van der Waals surface area contributed by atoms with Crippen molar-refractivity contribution in [3.8, 4) is 0 Å². The van der Waals surface area contributed by atoms with Crippen molar-refractivity contribution in [2.75, 3.05) is 4.72 Å². The Morgan fingerprint density at radius 3 is 2.40 bits per heavy atom. The molecule has 0 atom stereocenters. The predicted octanol–water partition coefficient (Wildman–Crippen LogP) is 4.35. The molecule has 0 radical (unpaired) electrons. The molecule has 0 unspecified atom stereocenters. The molecule has 0 spiro atoms. The van der Waals surface area contributed by atoms with Crippen LogP contribution in [-0.4, -0.2) is 8.42 Å². The van der Waals surface area contributed by atoms with Crippen molar-refractivity contribution in [1.82, 2.24) is 0 Å². The van der Waals surface area contributed by atoms with Gasteiger partial charge in [0.25, 0.3) is 0 Å². The van der Waals surface area contributed by atoms with Crippen LogP contribution in [0.4, 0.5) is 5.69 Å². The first-order valence-corrected chi connectivity index (χ1v) is 8.69. The summed E-state index contributed by atoms with van der Waals surface area (Å²) in [4.78, 5) is 0. The molecule has 0 saturated carbocycles. The van der Waals surface area contributed by atoms with Crippen LogP contribution in [-0.2, 0) is 15.8 Å². The topological polar surface area (TPSA) is 46.2 Å². The first-order chi connectivity index (χ1) is 9.35. The molecule has 0 amide bonds. The van der Waals surface area contributed by atoms with Crippen LogP contribution in [0, 0.1) is 6.92 Å². The number of anilines is 1. The molecule has 0 aromatic heterocycles. The van der Waals surface area contributed by atoms with Crippen molar-refractivity contribution >= 4 is 43.2 Å². The van der Waals surface area contributed by atoms with Gasteiger partial charge in [0, 0.05) is 9.50 Å². The lowest BCUT2D eigenvalue weighted by molar-refractivity contribution is 0.600. The van der Waals surface area contributed by atoms with Gasteiger partial charge in [-0.2, -0.15) is 0 Å². The molecule has 106 valence electrons. The average molecular weight is 375 g/mol. The van der Waals surface area contributed by atoms with E-state index in [0.717, 1.165) is 10.0 Å². The summed E-state index contributed by atoms with van der Waals surface area (Å²) in [7, 11) is -3.44. The number of sulfonamides is 1. The zero-order chi connectivity index (χ0) is 14.8. The number of hydrogen-bond acceptors (Lipinski definition) is 2. The zero-order valence-corrected chi connectivity index (χ0v) is 13.9.